The zero-order chi connectivity index (χ0) is 8.43. The van der Waals surface area contributed by atoms with Crippen LogP contribution in [0.25, 0.3) is 0 Å². The van der Waals surface area contributed by atoms with Gasteiger partial charge in [0.1, 0.15) is 0 Å². The van der Waals surface area contributed by atoms with E-state index in [1.54, 1.807) is 0 Å². The van der Waals surface area contributed by atoms with E-state index in [2.05, 4.69) is 0 Å². The summed E-state index contributed by atoms with van der Waals surface area (Å²) in [7, 11) is 0. The molecule has 0 spiro atoms. The molecule has 0 aromatic carbocycles. The van der Waals surface area contributed by atoms with Gasteiger partial charge in [0, 0.05) is 5.38 Å². The van der Waals surface area contributed by atoms with Crippen LogP contribution >= 0.6 is 23.2 Å². The van der Waals surface area contributed by atoms with Crippen molar-refractivity contribution in [2.45, 2.75) is 30.0 Å². The average Bonchev–Trinajstić information content (AvgIpc) is 1.94. The van der Waals surface area contributed by atoms with Gasteiger partial charge in [-0.2, -0.15) is 0 Å². The Balaban J connectivity index is 2.46. The summed E-state index contributed by atoms with van der Waals surface area (Å²) in [5.74, 6) is -1.04. The second-order valence-corrected chi connectivity index (χ2v) is 4.00. The first-order valence-corrected chi connectivity index (χ1v) is 4.49. The Bertz CT molecular complexity index is 161. The highest BCUT2D eigenvalue weighted by molar-refractivity contribution is 6.30. The first-order valence-electron chi connectivity index (χ1n) is 3.62. The molecule has 0 radical (unpaired) electrons. The van der Waals surface area contributed by atoms with Crippen molar-refractivity contribution in [3.05, 3.63) is 0 Å². The van der Waals surface area contributed by atoms with E-state index >= 15 is 0 Å². The molecule has 1 N–H and O–H groups in total. The number of hydrogen-bond acceptors (Lipinski definition) is 1. The fourth-order valence-corrected chi connectivity index (χ4v) is 1.87. The van der Waals surface area contributed by atoms with Crippen molar-refractivity contribution in [3.8, 4) is 0 Å². The molecule has 0 amide bonds. The van der Waals surface area contributed by atoms with Crippen molar-refractivity contribution in [1.82, 2.24) is 0 Å². The standard InChI is InChI=1S/C7H10Cl2O2/c8-5-2-1-4(7(10)11)3-6(5)9/h4-6H,1-3H2,(H,10,11). The first-order chi connectivity index (χ1) is 5.11. The maximum absolute atomic E-state index is 10.5. The van der Waals surface area contributed by atoms with E-state index in [-0.39, 0.29) is 16.7 Å². The van der Waals surface area contributed by atoms with Crippen LogP contribution in [0.4, 0.5) is 0 Å². The molecule has 1 rings (SSSR count). The minimum absolute atomic E-state index is 0.0488. The number of halogens is 2. The number of carboxylic acid groups (broad SMARTS) is 1. The topological polar surface area (TPSA) is 37.3 Å². The lowest BCUT2D eigenvalue weighted by Crippen LogP contribution is -2.29. The summed E-state index contributed by atoms with van der Waals surface area (Å²) in [6.45, 7) is 0. The van der Waals surface area contributed by atoms with Crippen molar-refractivity contribution < 1.29 is 9.90 Å². The molecule has 0 saturated heterocycles. The number of aliphatic carboxylic acids is 1. The number of hydrogen-bond donors (Lipinski definition) is 1. The van der Waals surface area contributed by atoms with E-state index in [4.69, 9.17) is 28.3 Å². The van der Waals surface area contributed by atoms with Gasteiger partial charge in [-0.1, -0.05) is 0 Å². The fraction of sp³-hybridized carbons (Fsp3) is 0.857. The van der Waals surface area contributed by atoms with Gasteiger partial charge < -0.3 is 5.11 Å². The number of alkyl halides is 2. The van der Waals surface area contributed by atoms with Gasteiger partial charge in [-0.15, -0.1) is 23.2 Å². The summed E-state index contributed by atoms with van der Waals surface area (Å²) in [5, 5.41) is 8.42. The third kappa shape index (κ3) is 2.24. The minimum atomic E-state index is -0.751. The van der Waals surface area contributed by atoms with E-state index in [0.29, 0.717) is 19.3 Å². The normalized spacial score (nSPS) is 38.5. The Morgan fingerprint density at radius 2 is 1.91 bits per heavy atom. The maximum atomic E-state index is 10.5. The SMILES string of the molecule is O=C(O)C1CCC(Cl)C(Cl)C1. The van der Waals surface area contributed by atoms with Gasteiger partial charge in [0.05, 0.1) is 11.3 Å². The van der Waals surface area contributed by atoms with Crippen LogP contribution in [0.3, 0.4) is 0 Å². The quantitative estimate of drug-likeness (QED) is 0.653. The van der Waals surface area contributed by atoms with Crippen LogP contribution in [-0.2, 0) is 4.79 Å². The highest BCUT2D eigenvalue weighted by Crippen LogP contribution is 2.31. The molecule has 0 bridgehead atoms. The minimum Gasteiger partial charge on any atom is -0.481 e. The number of carboxylic acids is 1. The molecule has 64 valence electrons. The second kappa shape index (κ2) is 3.63. The Morgan fingerprint density at radius 3 is 2.36 bits per heavy atom. The van der Waals surface area contributed by atoms with Crippen LogP contribution in [0.5, 0.6) is 0 Å². The van der Waals surface area contributed by atoms with Gasteiger partial charge in [-0.3, -0.25) is 4.79 Å². The zero-order valence-corrected chi connectivity index (χ0v) is 7.48. The molecule has 11 heavy (non-hydrogen) atoms. The lowest BCUT2D eigenvalue weighted by atomic mass is 9.89. The van der Waals surface area contributed by atoms with Gasteiger partial charge in [0.2, 0.25) is 0 Å². The molecule has 1 aliphatic carbocycles. The monoisotopic (exact) mass is 196 g/mol. The van der Waals surface area contributed by atoms with Gasteiger partial charge in [-0.25, -0.2) is 0 Å². The van der Waals surface area contributed by atoms with Crippen molar-refractivity contribution >= 4 is 29.2 Å². The van der Waals surface area contributed by atoms with Crippen LogP contribution in [0.15, 0.2) is 0 Å². The Kier molecular flexibility index (Phi) is 3.02. The van der Waals surface area contributed by atoms with Crippen molar-refractivity contribution in [3.63, 3.8) is 0 Å². The molecule has 2 nitrogen and oxygen atoms in total. The third-order valence-electron chi connectivity index (χ3n) is 2.04. The highest BCUT2D eigenvalue weighted by atomic mass is 35.5. The van der Waals surface area contributed by atoms with Crippen LogP contribution in [-0.4, -0.2) is 21.8 Å². The molecule has 4 heteroatoms. The maximum Gasteiger partial charge on any atom is 0.306 e. The molecule has 3 atom stereocenters. The summed E-state index contributed by atoms with van der Waals surface area (Å²) in [5.41, 5.74) is 0. The summed E-state index contributed by atoms with van der Waals surface area (Å²) < 4.78 is 0. The molecule has 0 aromatic rings. The van der Waals surface area contributed by atoms with E-state index in [1.165, 1.54) is 0 Å². The van der Waals surface area contributed by atoms with Crippen LogP contribution in [0.2, 0.25) is 0 Å². The molecule has 0 heterocycles. The average molecular weight is 197 g/mol. The highest BCUT2D eigenvalue weighted by Gasteiger charge is 2.31. The van der Waals surface area contributed by atoms with Crippen molar-refractivity contribution in [2.75, 3.05) is 0 Å². The van der Waals surface area contributed by atoms with Gasteiger partial charge in [0.25, 0.3) is 0 Å². The Hall–Kier alpha value is 0.0500. The van der Waals surface area contributed by atoms with Gasteiger partial charge in [0.15, 0.2) is 0 Å². The molecule has 1 saturated carbocycles. The van der Waals surface area contributed by atoms with E-state index in [1.807, 2.05) is 0 Å². The first kappa shape index (κ1) is 9.14. The number of rotatable bonds is 1. The zero-order valence-electron chi connectivity index (χ0n) is 5.96. The molecule has 1 aliphatic rings. The number of carbonyl (C=O) groups is 1. The molecular weight excluding hydrogens is 187 g/mol. The molecule has 3 unspecified atom stereocenters. The lowest BCUT2D eigenvalue weighted by Gasteiger charge is -2.26. The molecule has 0 aromatic heterocycles. The molecular formula is C7H10Cl2O2. The van der Waals surface area contributed by atoms with Crippen LogP contribution in [0.1, 0.15) is 19.3 Å². The summed E-state index contributed by atoms with van der Waals surface area (Å²) in [6.07, 6.45) is 1.88. The summed E-state index contributed by atoms with van der Waals surface area (Å²) in [4.78, 5) is 10.5. The summed E-state index contributed by atoms with van der Waals surface area (Å²) in [6, 6.07) is 0. The van der Waals surface area contributed by atoms with E-state index < -0.39 is 5.97 Å². The predicted molar refractivity (Wildman–Crippen MR) is 44.3 cm³/mol. The largest absolute Gasteiger partial charge is 0.481 e. The molecule has 1 fully saturated rings. The summed E-state index contributed by atoms with van der Waals surface area (Å²) >= 11 is 11.6. The van der Waals surface area contributed by atoms with Crippen molar-refractivity contribution in [1.29, 1.82) is 0 Å². The van der Waals surface area contributed by atoms with E-state index in [9.17, 15) is 4.79 Å². The van der Waals surface area contributed by atoms with Crippen LogP contribution < -0.4 is 0 Å². The second-order valence-electron chi connectivity index (χ2n) is 2.88. The predicted octanol–water partition coefficient (Wildman–Crippen LogP) is 2.09. The van der Waals surface area contributed by atoms with Crippen molar-refractivity contribution in [2.24, 2.45) is 5.92 Å². The third-order valence-corrected chi connectivity index (χ3v) is 3.18. The fourth-order valence-electron chi connectivity index (χ4n) is 1.30. The lowest BCUT2D eigenvalue weighted by molar-refractivity contribution is -0.142. The van der Waals surface area contributed by atoms with E-state index in [0.717, 1.165) is 0 Å². The molecule has 0 aliphatic heterocycles. The Morgan fingerprint density at radius 1 is 1.27 bits per heavy atom. The van der Waals surface area contributed by atoms with Crippen LogP contribution in [0, 0.1) is 5.92 Å². The van der Waals surface area contributed by atoms with Gasteiger partial charge in [-0.05, 0) is 19.3 Å². The van der Waals surface area contributed by atoms with Gasteiger partial charge >= 0.3 is 5.97 Å². The smallest absolute Gasteiger partial charge is 0.306 e. The Labute approximate surface area is 75.5 Å².